The first-order chi connectivity index (χ1) is 17.6. The number of nitrogens with one attached hydrogen (secondary N) is 3. The maximum atomic E-state index is 11.8. The average Bonchev–Trinajstić information content (AvgIpc) is 2.88. The second kappa shape index (κ2) is 26.4. The summed E-state index contributed by atoms with van der Waals surface area (Å²) in [5, 5.41) is 8.64. The van der Waals surface area contributed by atoms with E-state index in [1.807, 2.05) is 0 Å². The van der Waals surface area contributed by atoms with Crippen LogP contribution in [-0.4, -0.2) is 51.1 Å². The third-order valence-electron chi connectivity index (χ3n) is 4.73. The van der Waals surface area contributed by atoms with Gasteiger partial charge in [0.1, 0.15) is 0 Å². The summed E-state index contributed by atoms with van der Waals surface area (Å²) in [6.45, 7) is 4.29. The van der Waals surface area contributed by atoms with Gasteiger partial charge in [0.15, 0.2) is 0 Å². The zero-order chi connectivity index (χ0) is 26.5. The van der Waals surface area contributed by atoms with E-state index in [4.69, 9.17) is 0 Å². The maximum Gasteiger partial charge on any atom is 0.330 e. The van der Waals surface area contributed by atoms with Gasteiger partial charge in [0, 0.05) is 44.8 Å². The number of ether oxygens (including phenoxy) is 1. The molecular formula is C29H45N3O4. The molecule has 36 heavy (non-hydrogen) atoms. The van der Waals surface area contributed by atoms with Crippen LogP contribution in [0.1, 0.15) is 58.3 Å². The minimum atomic E-state index is -0.572. The zero-order valence-electron chi connectivity index (χ0n) is 22.0. The Bertz CT molecular complexity index is 764. The van der Waals surface area contributed by atoms with Crippen molar-refractivity contribution >= 4 is 17.8 Å². The molecule has 0 rings (SSSR count). The number of methoxy groups -OCH3 is 1. The highest BCUT2D eigenvalue weighted by Gasteiger charge is 2.00. The summed E-state index contributed by atoms with van der Waals surface area (Å²) in [6, 6.07) is 0. The molecule has 2 amide bonds. The summed E-state index contributed by atoms with van der Waals surface area (Å²) in [5.74, 6) is -0.884. The lowest BCUT2D eigenvalue weighted by Gasteiger charge is -2.07. The van der Waals surface area contributed by atoms with E-state index >= 15 is 0 Å². The molecule has 0 saturated carbocycles. The van der Waals surface area contributed by atoms with Crippen LogP contribution in [0.5, 0.6) is 0 Å². The fraction of sp³-hybridized carbons (Fsp3) is 0.483. The van der Waals surface area contributed by atoms with E-state index in [2.05, 4.69) is 88.4 Å². The van der Waals surface area contributed by atoms with Gasteiger partial charge in [-0.1, -0.05) is 67.7 Å². The number of rotatable bonds is 21. The molecule has 0 fully saturated rings. The Morgan fingerprint density at radius 3 is 1.75 bits per heavy atom. The molecule has 0 saturated heterocycles. The molecule has 0 aromatic rings. The molecule has 7 nitrogen and oxygen atoms in total. The highest BCUT2D eigenvalue weighted by molar-refractivity contribution is 5.94. The van der Waals surface area contributed by atoms with Crippen LogP contribution in [0.25, 0.3) is 0 Å². The molecule has 0 atom stereocenters. The predicted molar refractivity (Wildman–Crippen MR) is 148 cm³/mol. The largest absolute Gasteiger partial charge is 0.466 e. The lowest BCUT2D eigenvalue weighted by molar-refractivity contribution is -0.135. The van der Waals surface area contributed by atoms with Crippen LogP contribution < -0.4 is 16.0 Å². The zero-order valence-corrected chi connectivity index (χ0v) is 22.0. The maximum absolute atomic E-state index is 11.8. The van der Waals surface area contributed by atoms with E-state index in [9.17, 15) is 14.4 Å². The summed E-state index contributed by atoms with van der Waals surface area (Å²) >= 11 is 0. The van der Waals surface area contributed by atoms with Crippen molar-refractivity contribution in [3.05, 3.63) is 72.9 Å². The van der Waals surface area contributed by atoms with Crippen LogP contribution in [-0.2, 0) is 19.1 Å². The lowest BCUT2D eigenvalue weighted by Crippen LogP contribution is -2.36. The minimum absolute atomic E-state index is 0.0467. The first-order valence-corrected chi connectivity index (χ1v) is 12.9. The van der Waals surface area contributed by atoms with Gasteiger partial charge in [0.05, 0.1) is 7.11 Å². The number of hydrogen-bond donors (Lipinski definition) is 3. The van der Waals surface area contributed by atoms with Crippen molar-refractivity contribution in [2.24, 2.45) is 0 Å². The van der Waals surface area contributed by atoms with Crippen LogP contribution in [0.2, 0.25) is 0 Å². The summed E-state index contributed by atoms with van der Waals surface area (Å²) < 4.78 is 4.41. The molecule has 3 N–H and O–H groups in total. The molecule has 0 bridgehead atoms. The second-order valence-corrected chi connectivity index (χ2v) is 7.85. The lowest BCUT2D eigenvalue weighted by atomic mass is 10.2. The molecule has 200 valence electrons. The molecule has 0 radical (unpaired) electrons. The summed E-state index contributed by atoms with van der Waals surface area (Å²) in [6.07, 6.45) is 31.1. The van der Waals surface area contributed by atoms with Crippen LogP contribution in [0.15, 0.2) is 72.9 Å². The Morgan fingerprint density at radius 1 is 0.667 bits per heavy atom. The Labute approximate surface area is 217 Å². The molecule has 7 heteroatoms. The van der Waals surface area contributed by atoms with E-state index in [-0.39, 0.29) is 11.8 Å². The molecule has 0 aromatic carbocycles. The molecule has 0 aliphatic rings. The fourth-order valence-electron chi connectivity index (χ4n) is 2.80. The number of amides is 2. The Morgan fingerprint density at radius 2 is 1.19 bits per heavy atom. The van der Waals surface area contributed by atoms with E-state index in [1.165, 1.54) is 7.11 Å². The van der Waals surface area contributed by atoms with E-state index in [0.29, 0.717) is 32.6 Å². The van der Waals surface area contributed by atoms with E-state index < -0.39 is 5.97 Å². The van der Waals surface area contributed by atoms with Crippen molar-refractivity contribution in [3.63, 3.8) is 0 Å². The van der Waals surface area contributed by atoms with Gasteiger partial charge in [-0.05, 0) is 44.9 Å². The number of carbonyl (C=O) groups excluding carboxylic acids is 3. The van der Waals surface area contributed by atoms with E-state index in [0.717, 1.165) is 57.1 Å². The highest BCUT2D eigenvalue weighted by Crippen LogP contribution is 1.99. The fourth-order valence-corrected chi connectivity index (χ4v) is 2.80. The average molecular weight is 500 g/mol. The van der Waals surface area contributed by atoms with Crippen molar-refractivity contribution in [1.29, 1.82) is 0 Å². The molecule has 0 aliphatic carbocycles. The van der Waals surface area contributed by atoms with Gasteiger partial charge in [-0.15, -0.1) is 0 Å². The monoisotopic (exact) mass is 499 g/mol. The molecule has 0 aromatic heterocycles. The van der Waals surface area contributed by atoms with Crippen LogP contribution in [0, 0.1) is 0 Å². The van der Waals surface area contributed by atoms with Gasteiger partial charge >= 0.3 is 5.97 Å². The number of unbranched alkanes of at least 4 members (excludes halogenated alkanes) is 1. The number of carbonyl (C=O) groups is 3. The Hall–Kier alpha value is -3.19. The van der Waals surface area contributed by atoms with Crippen LogP contribution in [0.3, 0.4) is 0 Å². The third kappa shape index (κ3) is 25.4. The smallest absolute Gasteiger partial charge is 0.330 e. The first-order valence-electron chi connectivity index (χ1n) is 12.9. The molecule has 0 aliphatic heterocycles. The van der Waals surface area contributed by atoms with Crippen molar-refractivity contribution in [2.45, 2.75) is 58.3 Å². The van der Waals surface area contributed by atoms with Gasteiger partial charge in [0.25, 0.3) is 0 Å². The van der Waals surface area contributed by atoms with Gasteiger partial charge in [-0.2, -0.15) is 0 Å². The van der Waals surface area contributed by atoms with E-state index in [1.54, 1.807) is 0 Å². The Kier molecular flexibility index (Phi) is 24.1. The standard InChI is InChI=1S/C29H45N3O4/c1-3-4-5-6-7-8-9-10-11-12-13-14-15-16-17-18-19-20-27(33)31-25-23-30-24-26-32-28(34)21-22-29(35)36-2/h4-5,7-8,10-11,13-14,16-17,21-22,30H,3,6,9,12,15,18-20,23-26H2,1-2H3,(H,31,33)(H,32,34)/b5-4?,8-7?,11-10?,14-13?,17-16?,22-21+. The first kappa shape index (κ1) is 32.8. The molecule has 0 unspecified atom stereocenters. The van der Waals surface area contributed by atoms with Gasteiger partial charge in [-0.25, -0.2) is 4.79 Å². The van der Waals surface area contributed by atoms with Gasteiger partial charge in [0.2, 0.25) is 11.8 Å². The number of esters is 1. The Balaban J connectivity index is 3.55. The molecular weight excluding hydrogens is 454 g/mol. The highest BCUT2D eigenvalue weighted by atomic mass is 16.5. The third-order valence-corrected chi connectivity index (χ3v) is 4.73. The number of hydrogen-bond acceptors (Lipinski definition) is 5. The molecule has 0 spiro atoms. The predicted octanol–water partition coefficient (Wildman–Crippen LogP) is 4.46. The quantitative estimate of drug-likeness (QED) is 0.0938. The molecule has 0 heterocycles. The van der Waals surface area contributed by atoms with Crippen molar-refractivity contribution in [1.82, 2.24) is 16.0 Å². The summed E-state index contributed by atoms with van der Waals surface area (Å²) in [5.41, 5.74) is 0. The summed E-state index contributed by atoms with van der Waals surface area (Å²) in [7, 11) is 1.25. The van der Waals surface area contributed by atoms with Gasteiger partial charge in [-0.3, -0.25) is 9.59 Å². The minimum Gasteiger partial charge on any atom is -0.466 e. The van der Waals surface area contributed by atoms with Crippen molar-refractivity contribution in [3.8, 4) is 0 Å². The second-order valence-electron chi connectivity index (χ2n) is 7.85. The number of allylic oxidation sites excluding steroid dienone is 10. The van der Waals surface area contributed by atoms with Crippen molar-refractivity contribution < 1.29 is 19.1 Å². The van der Waals surface area contributed by atoms with Crippen molar-refractivity contribution in [2.75, 3.05) is 33.3 Å². The topological polar surface area (TPSA) is 96.5 Å². The van der Waals surface area contributed by atoms with Crippen LogP contribution >= 0.6 is 0 Å². The summed E-state index contributed by atoms with van der Waals surface area (Å²) in [4.78, 5) is 34.2. The van der Waals surface area contributed by atoms with Crippen LogP contribution in [0.4, 0.5) is 0 Å². The van der Waals surface area contributed by atoms with Gasteiger partial charge < -0.3 is 20.7 Å². The normalized spacial score (nSPS) is 12.2. The SMILES string of the molecule is CCC=CCC=CCC=CCC=CCC=CCCCC(=O)NCCNCCNC(=O)/C=C/C(=O)OC.